The van der Waals surface area contributed by atoms with Crippen molar-refractivity contribution in [2.24, 2.45) is 11.3 Å². The highest BCUT2D eigenvalue weighted by atomic mass is 14.9. The highest BCUT2D eigenvalue weighted by molar-refractivity contribution is 4.87. The van der Waals surface area contributed by atoms with Crippen molar-refractivity contribution in [2.45, 2.75) is 58.9 Å². The molecular weight excluding hydrogens is 158 g/mol. The van der Waals surface area contributed by atoms with E-state index >= 15 is 0 Å². The minimum Gasteiger partial charge on any atom is -0.315 e. The summed E-state index contributed by atoms with van der Waals surface area (Å²) in [6, 6.07) is 0. The Morgan fingerprint density at radius 2 is 2.00 bits per heavy atom. The fraction of sp³-hybridized carbons (Fsp3) is 1.00. The van der Waals surface area contributed by atoms with Crippen LogP contribution in [0.25, 0.3) is 0 Å². The second-order valence-corrected chi connectivity index (χ2v) is 6.11. The SMILES string of the molecule is CNC(C)(C)CC1CCC(C)(C)C1. The molecule has 0 amide bonds. The molecule has 1 saturated carbocycles. The van der Waals surface area contributed by atoms with Gasteiger partial charge in [0.15, 0.2) is 0 Å². The van der Waals surface area contributed by atoms with Crippen molar-refractivity contribution in [1.29, 1.82) is 0 Å². The molecule has 1 aliphatic rings. The van der Waals surface area contributed by atoms with E-state index in [1.165, 1.54) is 25.7 Å². The largest absolute Gasteiger partial charge is 0.315 e. The molecule has 0 aromatic carbocycles. The molecule has 0 aliphatic heterocycles. The lowest BCUT2D eigenvalue weighted by molar-refractivity contribution is 0.291. The molecule has 1 fully saturated rings. The van der Waals surface area contributed by atoms with Crippen LogP contribution in [0.3, 0.4) is 0 Å². The fourth-order valence-corrected chi connectivity index (χ4v) is 2.58. The molecule has 78 valence electrons. The lowest BCUT2D eigenvalue weighted by atomic mass is 9.86. The summed E-state index contributed by atoms with van der Waals surface area (Å²) in [6.07, 6.45) is 5.58. The normalized spacial score (nSPS) is 27.9. The molecule has 0 spiro atoms. The zero-order chi connectivity index (χ0) is 10.1. The zero-order valence-corrected chi connectivity index (χ0v) is 9.91. The highest BCUT2D eigenvalue weighted by Crippen LogP contribution is 2.43. The van der Waals surface area contributed by atoms with Gasteiger partial charge in [0.1, 0.15) is 0 Å². The Morgan fingerprint density at radius 1 is 1.38 bits per heavy atom. The molecule has 0 bridgehead atoms. The van der Waals surface area contributed by atoms with E-state index in [-0.39, 0.29) is 0 Å². The predicted molar refractivity (Wildman–Crippen MR) is 58.9 cm³/mol. The summed E-state index contributed by atoms with van der Waals surface area (Å²) in [7, 11) is 2.07. The first kappa shape index (κ1) is 11.0. The number of hydrogen-bond donors (Lipinski definition) is 1. The first-order chi connectivity index (χ1) is 5.85. The van der Waals surface area contributed by atoms with Crippen molar-refractivity contribution in [1.82, 2.24) is 5.32 Å². The van der Waals surface area contributed by atoms with Crippen LogP contribution in [0.1, 0.15) is 53.4 Å². The van der Waals surface area contributed by atoms with Gasteiger partial charge in [-0.3, -0.25) is 0 Å². The van der Waals surface area contributed by atoms with Gasteiger partial charge in [-0.25, -0.2) is 0 Å². The molecule has 1 heteroatoms. The van der Waals surface area contributed by atoms with E-state index in [1.54, 1.807) is 0 Å². The van der Waals surface area contributed by atoms with Crippen molar-refractivity contribution < 1.29 is 0 Å². The van der Waals surface area contributed by atoms with E-state index < -0.39 is 0 Å². The average Bonchev–Trinajstić information content (AvgIpc) is 2.29. The lowest BCUT2D eigenvalue weighted by Crippen LogP contribution is -2.37. The minimum absolute atomic E-state index is 0.324. The third-order valence-corrected chi connectivity index (χ3v) is 3.55. The van der Waals surface area contributed by atoms with Crippen molar-refractivity contribution in [3.63, 3.8) is 0 Å². The molecule has 1 aliphatic carbocycles. The zero-order valence-electron chi connectivity index (χ0n) is 9.91. The monoisotopic (exact) mass is 183 g/mol. The molecule has 0 radical (unpaired) electrons. The topological polar surface area (TPSA) is 12.0 Å². The first-order valence-electron chi connectivity index (χ1n) is 5.54. The van der Waals surface area contributed by atoms with E-state index in [1.807, 2.05) is 0 Å². The van der Waals surface area contributed by atoms with Crippen LogP contribution < -0.4 is 5.32 Å². The quantitative estimate of drug-likeness (QED) is 0.708. The average molecular weight is 183 g/mol. The van der Waals surface area contributed by atoms with E-state index in [0.717, 1.165) is 5.92 Å². The lowest BCUT2D eigenvalue weighted by Gasteiger charge is -2.28. The van der Waals surface area contributed by atoms with Crippen LogP contribution >= 0.6 is 0 Å². The summed E-state index contributed by atoms with van der Waals surface area (Å²) in [6.45, 7) is 9.41. The Bertz CT molecular complexity index is 170. The molecular formula is C12H25N. The van der Waals surface area contributed by atoms with Gasteiger partial charge in [0.05, 0.1) is 0 Å². The number of rotatable bonds is 3. The number of hydrogen-bond acceptors (Lipinski definition) is 1. The van der Waals surface area contributed by atoms with Gasteiger partial charge >= 0.3 is 0 Å². The summed E-state index contributed by atoms with van der Waals surface area (Å²) in [5, 5.41) is 3.40. The van der Waals surface area contributed by atoms with E-state index in [4.69, 9.17) is 0 Å². The molecule has 1 nitrogen and oxygen atoms in total. The van der Waals surface area contributed by atoms with Crippen LogP contribution in [-0.2, 0) is 0 Å². The van der Waals surface area contributed by atoms with Crippen molar-refractivity contribution in [3.05, 3.63) is 0 Å². The summed E-state index contributed by atoms with van der Waals surface area (Å²) in [5.41, 5.74) is 0.930. The van der Waals surface area contributed by atoms with Crippen LogP contribution in [-0.4, -0.2) is 12.6 Å². The molecule has 1 unspecified atom stereocenters. The second kappa shape index (κ2) is 3.61. The third-order valence-electron chi connectivity index (χ3n) is 3.55. The molecule has 0 aromatic heterocycles. The van der Waals surface area contributed by atoms with Gasteiger partial charge in [-0.1, -0.05) is 13.8 Å². The maximum Gasteiger partial charge on any atom is 0.0124 e. The summed E-state index contributed by atoms with van der Waals surface area (Å²) < 4.78 is 0. The smallest absolute Gasteiger partial charge is 0.0124 e. The molecule has 0 aromatic rings. The van der Waals surface area contributed by atoms with Crippen LogP contribution in [0.2, 0.25) is 0 Å². The van der Waals surface area contributed by atoms with Crippen LogP contribution in [0.4, 0.5) is 0 Å². The predicted octanol–water partition coefficient (Wildman–Crippen LogP) is 3.20. The Hall–Kier alpha value is -0.0400. The van der Waals surface area contributed by atoms with Gasteiger partial charge in [-0.15, -0.1) is 0 Å². The van der Waals surface area contributed by atoms with Gasteiger partial charge in [0, 0.05) is 5.54 Å². The van der Waals surface area contributed by atoms with Crippen LogP contribution in [0, 0.1) is 11.3 Å². The summed E-state index contributed by atoms with van der Waals surface area (Å²) in [4.78, 5) is 0. The third kappa shape index (κ3) is 3.30. The van der Waals surface area contributed by atoms with E-state index in [2.05, 4.69) is 40.1 Å². The van der Waals surface area contributed by atoms with Crippen LogP contribution in [0.15, 0.2) is 0 Å². The van der Waals surface area contributed by atoms with Gasteiger partial charge in [-0.2, -0.15) is 0 Å². The molecule has 1 N–H and O–H groups in total. The van der Waals surface area contributed by atoms with Gasteiger partial charge in [0.2, 0.25) is 0 Å². The highest BCUT2D eigenvalue weighted by Gasteiger charge is 2.33. The van der Waals surface area contributed by atoms with Crippen LogP contribution in [0.5, 0.6) is 0 Å². The maximum absolute atomic E-state index is 3.40. The van der Waals surface area contributed by atoms with Crippen molar-refractivity contribution in [3.8, 4) is 0 Å². The first-order valence-corrected chi connectivity index (χ1v) is 5.54. The van der Waals surface area contributed by atoms with Gasteiger partial charge in [0.25, 0.3) is 0 Å². The molecule has 0 saturated heterocycles. The Morgan fingerprint density at radius 3 is 2.38 bits per heavy atom. The van der Waals surface area contributed by atoms with E-state index in [0.29, 0.717) is 11.0 Å². The minimum atomic E-state index is 0.324. The van der Waals surface area contributed by atoms with E-state index in [9.17, 15) is 0 Å². The molecule has 0 heterocycles. The summed E-state index contributed by atoms with van der Waals surface area (Å²) in [5.74, 6) is 0.942. The standard InChI is InChI=1S/C12H25N/c1-11(2)7-6-10(8-11)9-12(3,4)13-5/h10,13H,6-9H2,1-5H3. The Labute approximate surface area is 83.3 Å². The van der Waals surface area contributed by atoms with Gasteiger partial charge < -0.3 is 5.32 Å². The van der Waals surface area contributed by atoms with Crippen molar-refractivity contribution >= 4 is 0 Å². The number of nitrogens with one attached hydrogen (secondary N) is 1. The molecule has 1 atom stereocenters. The second-order valence-electron chi connectivity index (χ2n) is 6.11. The summed E-state index contributed by atoms with van der Waals surface area (Å²) >= 11 is 0. The molecule has 1 rings (SSSR count). The van der Waals surface area contributed by atoms with Crippen molar-refractivity contribution in [2.75, 3.05) is 7.05 Å². The van der Waals surface area contributed by atoms with Gasteiger partial charge in [-0.05, 0) is 57.9 Å². The molecule has 13 heavy (non-hydrogen) atoms. The maximum atomic E-state index is 3.40. The Kier molecular flexibility index (Phi) is 3.06. The Balaban J connectivity index is 2.40. The fourth-order valence-electron chi connectivity index (χ4n) is 2.58.